The molecular formula is C14H21NO4S. The number of carbonyl (C=O) groups is 1. The highest BCUT2D eigenvalue weighted by molar-refractivity contribution is 7.89. The lowest BCUT2D eigenvalue weighted by Gasteiger charge is -2.20. The number of sulfonamides is 1. The molecule has 0 aromatic heterocycles. The molecule has 0 heterocycles. The number of hydrogen-bond acceptors (Lipinski definition) is 4. The Balaban J connectivity index is 3.11. The molecule has 0 aliphatic heterocycles. The molecule has 0 N–H and O–H groups in total. The molecule has 0 spiro atoms. The van der Waals surface area contributed by atoms with Crippen LogP contribution in [0.3, 0.4) is 0 Å². The Hall–Kier alpha value is -1.24. The van der Waals surface area contributed by atoms with Gasteiger partial charge in [0.25, 0.3) is 0 Å². The molecule has 0 fully saturated rings. The van der Waals surface area contributed by atoms with Crippen LogP contribution in [-0.4, -0.2) is 45.3 Å². The van der Waals surface area contributed by atoms with Crippen molar-refractivity contribution in [3.8, 4) is 0 Å². The quantitative estimate of drug-likeness (QED) is 0.688. The molecule has 5 nitrogen and oxygen atoms in total. The van der Waals surface area contributed by atoms with Crippen molar-refractivity contribution < 1.29 is 17.9 Å². The first-order valence-electron chi connectivity index (χ1n) is 6.59. The first kappa shape index (κ1) is 16.8. The Morgan fingerprint density at radius 1 is 1.30 bits per heavy atom. The zero-order chi connectivity index (χ0) is 15.2. The normalized spacial score (nSPS) is 11.8. The molecular weight excluding hydrogens is 278 g/mol. The Morgan fingerprint density at radius 2 is 2.00 bits per heavy atom. The maximum absolute atomic E-state index is 12.5. The fourth-order valence-electron chi connectivity index (χ4n) is 1.82. The molecule has 0 aliphatic rings. The SMILES string of the molecule is CCC(=O)c1cccc(S(=O)(=O)N(CC)CCOC)c1. The number of likely N-dealkylation sites (N-methyl/N-ethyl adjacent to an activating group) is 1. The van der Waals surface area contributed by atoms with E-state index in [4.69, 9.17) is 4.74 Å². The van der Waals surface area contributed by atoms with Crippen LogP contribution < -0.4 is 0 Å². The molecule has 0 bridgehead atoms. The van der Waals surface area contributed by atoms with Gasteiger partial charge in [0.2, 0.25) is 10.0 Å². The second-order valence-electron chi connectivity index (χ2n) is 4.29. The fraction of sp³-hybridized carbons (Fsp3) is 0.500. The average molecular weight is 299 g/mol. The van der Waals surface area contributed by atoms with Crippen molar-refractivity contribution in [3.63, 3.8) is 0 Å². The van der Waals surface area contributed by atoms with Gasteiger partial charge in [-0.1, -0.05) is 26.0 Å². The zero-order valence-electron chi connectivity index (χ0n) is 12.1. The topological polar surface area (TPSA) is 63.7 Å². The van der Waals surface area contributed by atoms with Gasteiger partial charge in [0.15, 0.2) is 5.78 Å². The van der Waals surface area contributed by atoms with Crippen molar-refractivity contribution in [2.75, 3.05) is 26.8 Å². The molecule has 0 saturated carbocycles. The predicted octanol–water partition coefficient (Wildman–Crippen LogP) is 1.94. The molecule has 1 rings (SSSR count). The first-order valence-corrected chi connectivity index (χ1v) is 8.03. The van der Waals surface area contributed by atoms with Crippen LogP contribution in [0.25, 0.3) is 0 Å². The Labute approximate surface area is 120 Å². The third-order valence-electron chi connectivity index (χ3n) is 3.01. The van der Waals surface area contributed by atoms with E-state index < -0.39 is 10.0 Å². The number of ketones is 1. The molecule has 20 heavy (non-hydrogen) atoms. The van der Waals surface area contributed by atoms with E-state index >= 15 is 0 Å². The van der Waals surface area contributed by atoms with Gasteiger partial charge in [-0.2, -0.15) is 4.31 Å². The minimum Gasteiger partial charge on any atom is -0.383 e. The van der Waals surface area contributed by atoms with Gasteiger partial charge in [-0.25, -0.2) is 8.42 Å². The number of carbonyl (C=O) groups excluding carboxylic acids is 1. The van der Waals surface area contributed by atoms with E-state index in [2.05, 4.69) is 0 Å². The van der Waals surface area contributed by atoms with Crippen molar-refractivity contribution in [2.45, 2.75) is 25.2 Å². The highest BCUT2D eigenvalue weighted by Gasteiger charge is 2.23. The van der Waals surface area contributed by atoms with Crippen LogP contribution in [0.1, 0.15) is 30.6 Å². The molecule has 1 aromatic carbocycles. The van der Waals surface area contributed by atoms with Crippen molar-refractivity contribution >= 4 is 15.8 Å². The van der Waals surface area contributed by atoms with E-state index in [0.717, 1.165) is 0 Å². The van der Waals surface area contributed by atoms with E-state index in [0.29, 0.717) is 31.7 Å². The number of hydrogen-bond donors (Lipinski definition) is 0. The van der Waals surface area contributed by atoms with Crippen molar-refractivity contribution in [1.29, 1.82) is 0 Å². The van der Waals surface area contributed by atoms with Gasteiger partial charge < -0.3 is 4.74 Å². The summed E-state index contributed by atoms with van der Waals surface area (Å²) in [5.74, 6) is -0.0676. The Morgan fingerprint density at radius 3 is 2.55 bits per heavy atom. The van der Waals surface area contributed by atoms with E-state index in [1.54, 1.807) is 26.0 Å². The highest BCUT2D eigenvalue weighted by Crippen LogP contribution is 2.17. The molecule has 0 atom stereocenters. The maximum atomic E-state index is 12.5. The summed E-state index contributed by atoms with van der Waals surface area (Å²) in [6.45, 7) is 4.51. The summed E-state index contributed by atoms with van der Waals surface area (Å²) in [7, 11) is -2.06. The van der Waals surface area contributed by atoms with Gasteiger partial charge in [0.05, 0.1) is 11.5 Å². The van der Waals surface area contributed by atoms with Crippen LogP contribution in [0.5, 0.6) is 0 Å². The van der Waals surface area contributed by atoms with Crippen LogP contribution >= 0.6 is 0 Å². The number of methoxy groups -OCH3 is 1. The van der Waals surface area contributed by atoms with Crippen LogP contribution in [0.2, 0.25) is 0 Å². The summed E-state index contributed by atoms with van der Waals surface area (Å²) in [6.07, 6.45) is 0.352. The van der Waals surface area contributed by atoms with Gasteiger partial charge in [-0.15, -0.1) is 0 Å². The lowest BCUT2D eigenvalue weighted by atomic mass is 10.1. The maximum Gasteiger partial charge on any atom is 0.243 e. The van der Waals surface area contributed by atoms with Gasteiger partial charge in [0, 0.05) is 32.2 Å². The molecule has 6 heteroatoms. The summed E-state index contributed by atoms with van der Waals surface area (Å²) >= 11 is 0. The highest BCUT2D eigenvalue weighted by atomic mass is 32.2. The van der Waals surface area contributed by atoms with Gasteiger partial charge in [0.1, 0.15) is 0 Å². The van der Waals surface area contributed by atoms with Gasteiger partial charge in [-0.3, -0.25) is 4.79 Å². The third-order valence-corrected chi connectivity index (χ3v) is 4.98. The lowest BCUT2D eigenvalue weighted by Crippen LogP contribution is -2.33. The second kappa shape index (κ2) is 7.52. The Kier molecular flexibility index (Phi) is 6.32. The number of nitrogens with zero attached hydrogens (tertiary/aromatic N) is 1. The second-order valence-corrected chi connectivity index (χ2v) is 6.23. The van der Waals surface area contributed by atoms with Gasteiger partial charge >= 0.3 is 0 Å². The third kappa shape index (κ3) is 3.88. The van der Waals surface area contributed by atoms with Crippen LogP contribution in [0, 0.1) is 0 Å². The molecule has 0 unspecified atom stereocenters. The van der Waals surface area contributed by atoms with Crippen LogP contribution in [-0.2, 0) is 14.8 Å². The molecule has 0 amide bonds. The largest absolute Gasteiger partial charge is 0.383 e. The fourth-order valence-corrected chi connectivity index (χ4v) is 3.30. The monoisotopic (exact) mass is 299 g/mol. The van der Waals surface area contributed by atoms with Crippen LogP contribution in [0.15, 0.2) is 29.2 Å². The minimum absolute atomic E-state index is 0.0676. The number of Topliss-reactive ketones (excluding diaryl/α,β-unsaturated/α-hetero) is 1. The van der Waals surface area contributed by atoms with E-state index in [9.17, 15) is 13.2 Å². The summed E-state index contributed by atoms with van der Waals surface area (Å²) in [5.41, 5.74) is 0.427. The van der Waals surface area contributed by atoms with Crippen molar-refractivity contribution in [3.05, 3.63) is 29.8 Å². The summed E-state index contributed by atoms with van der Waals surface area (Å²) in [4.78, 5) is 11.8. The van der Waals surface area contributed by atoms with Crippen molar-refractivity contribution in [2.24, 2.45) is 0 Å². The smallest absolute Gasteiger partial charge is 0.243 e. The summed E-state index contributed by atoms with van der Waals surface area (Å²) in [6, 6.07) is 6.18. The molecule has 0 radical (unpaired) electrons. The average Bonchev–Trinajstić information content (AvgIpc) is 2.47. The molecule has 0 aliphatic carbocycles. The molecule has 1 aromatic rings. The van der Waals surface area contributed by atoms with Gasteiger partial charge in [-0.05, 0) is 12.1 Å². The van der Waals surface area contributed by atoms with E-state index in [1.165, 1.54) is 23.5 Å². The predicted molar refractivity (Wildman–Crippen MR) is 77.4 cm³/mol. The molecule has 0 saturated heterocycles. The van der Waals surface area contributed by atoms with Crippen molar-refractivity contribution in [1.82, 2.24) is 4.31 Å². The van der Waals surface area contributed by atoms with E-state index in [-0.39, 0.29) is 10.7 Å². The van der Waals surface area contributed by atoms with E-state index in [1.807, 2.05) is 0 Å². The zero-order valence-corrected chi connectivity index (χ0v) is 12.9. The number of benzene rings is 1. The van der Waals surface area contributed by atoms with Crippen LogP contribution in [0.4, 0.5) is 0 Å². The standard InChI is InChI=1S/C14H21NO4S/c1-4-14(16)12-7-6-8-13(11-12)20(17,18)15(5-2)9-10-19-3/h6-8,11H,4-5,9-10H2,1-3H3. The first-order chi connectivity index (χ1) is 9.47. The Bertz CT molecular complexity index is 554. The lowest BCUT2D eigenvalue weighted by molar-refractivity contribution is 0.0988. The molecule has 112 valence electrons. The number of ether oxygens (including phenoxy) is 1. The minimum atomic E-state index is -3.59. The number of rotatable bonds is 8. The summed E-state index contributed by atoms with van der Waals surface area (Å²) in [5, 5.41) is 0. The summed E-state index contributed by atoms with van der Waals surface area (Å²) < 4.78 is 31.2.